The van der Waals surface area contributed by atoms with Gasteiger partial charge in [0.15, 0.2) is 11.6 Å². The molecule has 6 heteroatoms. The molecule has 4 N–H and O–H groups in total. The lowest BCUT2D eigenvalue weighted by molar-refractivity contribution is 0.750. The lowest BCUT2D eigenvalue weighted by atomic mass is 10.2. The molecule has 2 aromatic rings. The second kappa shape index (κ2) is 5.95. The second-order valence-electron chi connectivity index (χ2n) is 5.40. The molecule has 0 aliphatic heterocycles. The fourth-order valence-corrected chi connectivity index (χ4v) is 2.60. The van der Waals surface area contributed by atoms with Gasteiger partial charge in [0.1, 0.15) is 17.8 Å². The molecule has 2 heterocycles. The largest absolute Gasteiger partial charge is 0.393 e. The van der Waals surface area contributed by atoms with Gasteiger partial charge in [-0.1, -0.05) is 18.9 Å². The first-order valence-electron chi connectivity index (χ1n) is 7.29. The van der Waals surface area contributed by atoms with Crippen molar-refractivity contribution in [2.45, 2.75) is 38.6 Å². The smallest absolute Gasteiger partial charge is 0.160 e. The molecule has 0 bridgehead atoms. The zero-order chi connectivity index (χ0) is 14.7. The molecule has 6 nitrogen and oxygen atoms in total. The number of nitrogens with zero attached hydrogens (tertiary/aromatic N) is 3. The molecule has 3 rings (SSSR count). The molecule has 0 atom stereocenters. The van der Waals surface area contributed by atoms with Crippen LogP contribution in [0.2, 0.25) is 0 Å². The van der Waals surface area contributed by atoms with E-state index in [0.29, 0.717) is 23.4 Å². The highest BCUT2D eigenvalue weighted by Gasteiger charge is 2.17. The fourth-order valence-electron chi connectivity index (χ4n) is 2.60. The minimum atomic E-state index is 0.464. The van der Waals surface area contributed by atoms with Crippen molar-refractivity contribution in [2.24, 2.45) is 0 Å². The van der Waals surface area contributed by atoms with Gasteiger partial charge in [0.2, 0.25) is 0 Å². The highest BCUT2D eigenvalue weighted by molar-refractivity contribution is 5.77. The predicted octanol–water partition coefficient (Wildman–Crippen LogP) is 2.86. The zero-order valence-electron chi connectivity index (χ0n) is 12.1. The first kappa shape index (κ1) is 13.6. The van der Waals surface area contributed by atoms with Crippen LogP contribution < -0.4 is 16.4 Å². The molecule has 1 aliphatic carbocycles. The topological polar surface area (TPSA) is 88.8 Å². The van der Waals surface area contributed by atoms with Gasteiger partial charge in [-0.3, -0.25) is 0 Å². The molecular weight excluding hydrogens is 264 g/mol. The van der Waals surface area contributed by atoms with E-state index in [1.54, 1.807) is 6.20 Å². The average Bonchev–Trinajstić information content (AvgIpc) is 2.98. The second-order valence-corrected chi connectivity index (χ2v) is 5.40. The van der Waals surface area contributed by atoms with E-state index in [0.717, 1.165) is 11.4 Å². The number of pyridine rings is 1. The Hall–Kier alpha value is -2.37. The summed E-state index contributed by atoms with van der Waals surface area (Å²) in [4.78, 5) is 12.8. The van der Waals surface area contributed by atoms with Crippen molar-refractivity contribution in [1.29, 1.82) is 0 Å². The number of nitrogens with one attached hydrogen (secondary N) is 2. The molecule has 0 spiro atoms. The molecule has 0 amide bonds. The Bertz CT molecular complexity index is 621. The minimum absolute atomic E-state index is 0.464. The van der Waals surface area contributed by atoms with Gasteiger partial charge in [-0.2, -0.15) is 0 Å². The van der Waals surface area contributed by atoms with Crippen LogP contribution in [0.25, 0.3) is 0 Å². The Morgan fingerprint density at radius 1 is 1.10 bits per heavy atom. The van der Waals surface area contributed by atoms with Gasteiger partial charge < -0.3 is 16.4 Å². The van der Waals surface area contributed by atoms with Crippen molar-refractivity contribution >= 4 is 23.1 Å². The molecule has 0 aromatic carbocycles. The van der Waals surface area contributed by atoms with Gasteiger partial charge in [0, 0.05) is 12.2 Å². The third kappa shape index (κ3) is 3.04. The van der Waals surface area contributed by atoms with E-state index in [9.17, 15) is 0 Å². The number of aryl methyl sites for hydroxylation is 1. The number of rotatable bonds is 4. The van der Waals surface area contributed by atoms with E-state index in [2.05, 4.69) is 25.6 Å². The van der Waals surface area contributed by atoms with Gasteiger partial charge in [-0.15, -0.1) is 0 Å². The van der Waals surface area contributed by atoms with Crippen LogP contribution in [0.5, 0.6) is 0 Å². The third-order valence-electron chi connectivity index (χ3n) is 3.83. The van der Waals surface area contributed by atoms with E-state index in [4.69, 9.17) is 5.73 Å². The molecule has 21 heavy (non-hydrogen) atoms. The zero-order valence-corrected chi connectivity index (χ0v) is 12.1. The van der Waals surface area contributed by atoms with E-state index in [1.807, 2.05) is 19.1 Å². The van der Waals surface area contributed by atoms with Crippen LogP contribution in [0.1, 0.15) is 31.2 Å². The monoisotopic (exact) mass is 284 g/mol. The average molecular weight is 284 g/mol. The third-order valence-corrected chi connectivity index (χ3v) is 3.83. The maximum atomic E-state index is 6.18. The van der Waals surface area contributed by atoms with Crippen molar-refractivity contribution in [3.8, 4) is 0 Å². The van der Waals surface area contributed by atoms with E-state index >= 15 is 0 Å². The molecule has 2 aromatic heterocycles. The van der Waals surface area contributed by atoms with Crippen molar-refractivity contribution in [2.75, 3.05) is 16.4 Å². The number of anilines is 4. The Morgan fingerprint density at radius 3 is 2.62 bits per heavy atom. The summed E-state index contributed by atoms with van der Waals surface area (Å²) in [6.45, 7) is 1.99. The van der Waals surface area contributed by atoms with Crippen LogP contribution >= 0.6 is 0 Å². The SMILES string of the molecule is Cc1cccnc1Nc1ncnc(NC2CCCC2)c1N. The summed E-state index contributed by atoms with van der Waals surface area (Å²) in [5.74, 6) is 2.05. The van der Waals surface area contributed by atoms with Gasteiger partial charge >= 0.3 is 0 Å². The van der Waals surface area contributed by atoms with Crippen molar-refractivity contribution in [3.05, 3.63) is 30.2 Å². The van der Waals surface area contributed by atoms with Crippen LogP contribution in [0.15, 0.2) is 24.7 Å². The molecule has 0 unspecified atom stereocenters. The number of hydrogen-bond donors (Lipinski definition) is 3. The summed E-state index contributed by atoms with van der Waals surface area (Å²) in [6, 6.07) is 4.35. The Kier molecular flexibility index (Phi) is 3.85. The lowest BCUT2D eigenvalue weighted by Gasteiger charge is -2.16. The molecule has 110 valence electrons. The predicted molar refractivity (Wildman–Crippen MR) is 84.6 cm³/mol. The molecule has 0 saturated heterocycles. The van der Waals surface area contributed by atoms with E-state index in [1.165, 1.54) is 32.0 Å². The minimum Gasteiger partial charge on any atom is -0.393 e. The van der Waals surface area contributed by atoms with Gasteiger partial charge in [-0.25, -0.2) is 15.0 Å². The highest BCUT2D eigenvalue weighted by atomic mass is 15.1. The maximum absolute atomic E-state index is 6.18. The summed E-state index contributed by atoms with van der Waals surface area (Å²) >= 11 is 0. The molecule has 1 saturated carbocycles. The normalized spacial score (nSPS) is 15.1. The first-order chi connectivity index (χ1) is 10.2. The van der Waals surface area contributed by atoms with Crippen molar-refractivity contribution < 1.29 is 0 Å². The van der Waals surface area contributed by atoms with E-state index in [-0.39, 0.29) is 0 Å². The lowest BCUT2D eigenvalue weighted by Crippen LogP contribution is -2.17. The number of nitrogens with two attached hydrogens (primary N) is 1. The summed E-state index contributed by atoms with van der Waals surface area (Å²) in [7, 11) is 0. The Balaban J connectivity index is 1.81. The number of hydrogen-bond acceptors (Lipinski definition) is 6. The molecular formula is C15H20N6. The van der Waals surface area contributed by atoms with Crippen LogP contribution in [0.4, 0.5) is 23.1 Å². The molecule has 0 radical (unpaired) electrons. The summed E-state index contributed by atoms with van der Waals surface area (Å²) in [5.41, 5.74) is 7.76. The van der Waals surface area contributed by atoms with Crippen LogP contribution in [-0.2, 0) is 0 Å². The quantitative estimate of drug-likeness (QED) is 0.800. The maximum Gasteiger partial charge on any atom is 0.160 e. The Morgan fingerprint density at radius 2 is 1.86 bits per heavy atom. The molecule has 1 aliphatic rings. The van der Waals surface area contributed by atoms with Crippen LogP contribution in [0, 0.1) is 6.92 Å². The molecule has 1 fully saturated rings. The van der Waals surface area contributed by atoms with Crippen molar-refractivity contribution in [1.82, 2.24) is 15.0 Å². The van der Waals surface area contributed by atoms with Gasteiger partial charge in [-0.05, 0) is 31.4 Å². The highest BCUT2D eigenvalue weighted by Crippen LogP contribution is 2.29. The standard InChI is InChI=1S/C15H20N6/c1-10-5-4-8-17-13(10)21-15-12(16)14(18-9-19-15)20-11-6-2-3-7-11/h4-5,8-9,11H,2-3,6-7,16H2,1H3,(H2,17,18,19,20,21). The van der Waals surface area contributed by atoms with Gasteiger partial charge in [0.05, 0.1) is 0 Å². The van der Waals surface area contributed by atoms with Crippen LogP contribution in [-0.4, -0.2) is 21.0 Å². The van der Waals surface area contributed by atoms with Gasteiger partial charge in [0.25, 0.3) is 0 Å². The number of nitrogen functional groups attached to an aromatic ring is 1. The number of aromatic nitrogens is 3. The summed E-state index contributed by atoms with van der Waals surface area (Å²) in [6.07, 6.45) is 8.14. The first-order valence-corrected chi connectivity index (χ1v) is 7.29. The van der Waals surface area contributed by atoms with Crippen LogP contribution in [0.3, 0.4) is 0 Å². The summed E-state index contributed by atoms with van der Waals surface area (Å²) < 4.78 is 0. The fraction of sp³-hybridized carbons (Fsp3) is 0.400. The van der Waals surface area contributed by atoms with E-state index < -0.39 is 0 Å². The Labute approximate surface area is 124 Å². The van der Waals surface area contributed by atoms with Crippen molar-refractivity contribution in [3.63, 3.8) is 0 Å². The summed E-state index contributed by atoms with van der Waals surface area (Å²) in [5, 5.41) is 6.59.